The van der Waals surface area contributed by atoms with Gasteiger partial charge < -0.3 is 18.2 Å². The van der Waals surface area contributed by atoms with Gasteiger partial charge in [-0.1, -0.05) is 115 Å². The first-order valence-electron chi connectivity index (χ1n) is 20.0. The maximum atomic E-state index is 9.60. The third-order valence-electron chi connectivity index (χ3n) is 9.85. The van der Waals surface area contributed by atoms with Gasteiger partial charge in [0.15, 0.2) is 0 Å². The van der Waals surface area contributed by atoms with Crippen LogP contribution in [-0.2, 0) is 0 Å². The van der Waals surface area contributed by atoms with Crippen LogP contribution in [0.3, 0.4) is 0 Å². The number of hydrogen-bond acceptors (Lipinski definition) is 4. The average Bonchev–Trinajstić information content (AvgIpc) is 3.96. The molecule has 11 rings (SSSR count). The number of benzene rings is 8. The Labute approximate surface area is 306 Å². The SMILES string of the molecule is [2H]c1c([2H])c(N(c2ccc(-c3ccccc3)cc2)c2ccc3oc4ccccc4c3c2)c2c(oc3c(-c4cccc5oc6ccccc6c45)c([2H])c([2H])c([2H])c32)c1[2H]. The molecule has 3 aromatic heterocycles. The van der Waals surface area contributed by atoms with Gasteiger partial charge in [0.25, 0.3) is 0 Å². The first kappa shape index (κ1) is 23.4. The van der Waals surface area contributed by atoms with Crippen molar-refractivity contribution in [2.45, 2.75) is 0 Å². The molecule has 4 heteroatoms. The average molecular weight is 674 g/mol. The number of para-hydroxylation sites is 3. The fourth-order valence-electron chi connectivity index (χ4n) is 7.50. The second-order valence-electron chi connectivity index (χ2n) is 12.8. The summed E-state index contributed by atoms with van der Waals surface area (Å²) in [5, 5.41) is 3.70. The number of fused-ring (bicyclic) bond motifs is 9. The molecule has 0 radical (unpaired) electrons. The molecule has 0 atom stereocenters. The summed E-state index contributed by atoms with van der Waals surface area (Å²) in [7, 11) is 0. The molecule has 0 fully saturated rings. The lowest BCUT2D eigenvalue weighted by Crippen LogP contribution is -2.10. The van der Waals surface area contributed by atoms with Gasteiger partial charge in [0.1, 0.15) is 33.5 Å². The predicted octanol–water partition coefficient (Wildman–Crippen LogP) is 14.2. The molecule has 3 heterocycles. The lowest BCUT2D eigenvalue weighted by atomic mass is 9.97. The molecule has 0 aliphatic carbocycles. The molecule has 244 valence electrons. The summed E-state index contributed by atoms with van der Waals surface area (Å²) in [6, 6.07) is 42.7. The normalized spacial score (nSPS) is 13.5. The van der Waals surface area contributed by atoms with Gasteiger partial charge in [-0.2, -0.15) is 0 Å². The number of nitrogens with zero attached hydrogens (tertiary/aromatic N) is 1. The van der Waals surface area contributed by atoms with E-state index in [9.17, 15) is 6.85 Å². The summed E-state index contributed by atoms with van der Waals surface area (Å²) in [4.78, 5) is 1.86. The number of hydrogen-bond donors (Lipinski definition) is 0. The fraction of sp³-hybridized carbons (Fsp3) is 0. The quantitative estimate of drug-likeness (QED) is 0.182. The maximum absolute atomic E-state index is 9.60. The van der Waals surface area contributed by atoms with E-state index in [0.717, 1.165) is 38.3 Å². The molecule has 0 saturated carbocycles. The number of anilines is 3. The Morgan fingerprint density at radius 3 is 1.94 bits per heavy atom. The van der Waals surface area contributed by atoms with E-state index in [2.05, 4.69) is 0 Å². The molecule has 0 saturated heterocycles. The van der Waals surface area contributed by atoms with Crippen LogP contribution >= 0.6 is 0 Å². The van der Waals surface area contributed by atoms with E-state index in [4.69, 9.17) is 14.6 Å². The van der Waals surface area contributed by atoms with Crippen molar-refractivity contribution >= 4 is 82.9 Å². The zero-order valence-electron chi connectivity index (χ0n) is 33.5. The first-order chi connectivity index (χ1) is 28.3. The maximum Gasteiger partial charge on any atom is 0.143 e. The molecule has 0 amide bonds. The van der Waals surface area contributed by atoms with Crippen LogP contribution in [0.15, 0.2) is 189 Å². The van der Waals surface area contributed by atoms with Crippen LogP contribution in [0.2, 0.25) is 0 Å². The lowest BCUT2D eigenvalue weighted by molar-refractivity contribution is 0.668. The smallest absolute Gasteiger partial charge is 0.143 e. The Bertz CT molecular complexity index is 3480. The Morgan fingerprint density at radius 2 is 1.08 bits per heavy atom. The van der Waals surface area contributed by atoms with Crippen molar-refractivity contribution < 1.29 is 21.5 Å². The van der Waals surface area contributed by atoms with Gasteiger partial charge in [-0.15, -0.1) is 0 Å². The molecular weight excluding hydrogens is 639 g/mol. The van der Waals surface area contributed by atoms with Gasteiger partial charge in [-0.25, -0.2) is 0 Å². The molecule has 0 N–H and O–H groups in total. The van der Waals surface area contributed by atoms with Crippen LogP contribution in [0.5, 0.6) is 0 Å². The number of furan rings is 3. The monoisotopic (exact) mass is 673 g/mol. The van der Waals surface area contributed by atoms with E-state index >= 15 is 0 Å². The van der Waals surface area contributed by atoms with Crippen LogP contribution < -0.4 is 4.90 Å². The highest BCUT2D eigenvalue weighted by Crippen LogP contribution is 2.47. The number of rotatable bonds is 5. The molecule has 52 heavy (non-hydrogen) atoms. The van der Waals surface area contributed by atoms with Gasteiger partial charge in [0, 0.05) is 43.9 Å². The minimum Gasteiger partial charge on any atom is -0.456 e. The van der Waals surface area contributed by atoms with Crippen LogP contribution in [0.4, 0.5) is 17.1 Å². The van der Waals surface area contributed by atoms with E-state index in [1.54, 1.807) is 0 Å². The van der Waals surface area contributed by atoms with Gasteiger partial charge in [0.05, 0.1) is 19.3 Å². The summed E-state index contributed by atoms with van der Waals surface area (Å²) in [6.45, 7) is 0. The molecule has 11 aromatic rings. The third kappa shape index (κ3) is 4.34. The summed E-state index contributed by atoms with van der Waals surface area (Å²) >= 11 is 0. The highest BCUT2D eigenvalue weighted by molar-refractivity contribution is 6.20. The molecule has 0 bridgehead atoms. The van der Waals surface area contributed by atoms with E-state index < -0.39 is 0 Å². The van der Waals surface area contributed by atoms with Crippen LogP contribution in [-0.4, -0.2) is 0 Å². The Hall–Kier alpha value is -7.04. The third-order valence-corrected chi connectivity index (χ3v) is 9.85. The largest absolute Gasteiger partial charge is 0.456 e. The van der Waals surface area contributed by atoms with Crippen molar-refractivity contribution in [3.8, 4) is 22.3 Å². The molecule has 8 aromatic carbocycles. The van der Waals surface area contributed by atoms with Gasteiger partial charge in [-0.3, -0.25) is 0 Å². The van der Waals surface area contributed by atoms with Gasteiger partial charge in [-0.05, 0) is 77.3 Å². The molecule has 0 aliphatic rings. The zero-order chi connectivity index (χ0) is 39.4. The molecule has 0 spiro atoms. The first-order valence-corrected chi connectivity index (χ1v) is 17.0. The Balaban J connectivity index is 1.26. The van der Waals surface area contributed by atoms with Crippen LogP contribution in [0.25, 0.3) is 88.1 Å². The van der Waals surface area contributed by atoms with E-state index in [1.807, 2.05) is 144 Å². The van der Waals surface area contributed by atoms with E-state index in [1.165, 1.54) is 0 Å². The topological polar surface area (TPSA) is 42.7 Å². The summed E-state index contributed by atoms with van der Waals surface area (Å²) in [5.41, 5.74) is 7.09. The van der Waals surface area contributed by atoms with Crippen molar-refractivity contribution in [3.05, 3.63) is 176 Å². The Morgan fingerprint density at radius 1 is 0.404 bits per heavy atom. The molecular formula is C48H29NO3. The molecule has 4 nitrogen and oxygen atoms in total. The zero-order valence-corrected chi connectivity index (χ0v) is 27.5. The lowest BCUT2D eigenvalue weighted by Gasteiger charge is -2.26. The second-order valence-corrected chi connectivity index (χ2v) is 12.8. The summed E-state index contributed by atoms with van der Waals surface area (Å²) in [6.07, 6.45) is 0. The highest BCUT2D eigenvalue weighted by Gasteiger charge is 2.23. The standard InChI is InChI=1S/C48H29NO3/c1-2-11-30(12-3-1)31-23-25-32(26-24-31)49(33-27-28-43-39(29-33)34-13-4-6-19-41(34)50-43)40-18-10-22-45-47(40)38-17-8-16-36(48(38)52-45)35-15-9-21-44-46(35)37-14-5-7-20-42(37)51-44/h1-29H/i8D,10D,16D,17D,18D,22D. The van der Waals surface area contributed by atoms with Crippen molar-refractivity contribution in [2.24, 2.45) is 0 Å². The van der Waals surface area contributed by atoms with E-state index in [0.29, 0.717) is 33.7 Å². The summed E-state index contributed by atoms with van der Waals surface area (Å²) in [5.74, 6) is 0. The molecule has 0 aliphatic heterocycles. The minimum atomic E-state index is -0.365. The van der Waals surface area contributed by atoms with Crippen LogP contribution in [0.1, 0.15) is 8.22 Å². The Kier molecular flexibility index (Phi) is 5.05. The summed E-state index contributed by atoms with van der Waals surface area (Å²) < 4.78 is 74.8. The molecule has 0 unspecified atom stereocenters. The van der Waals surface area contributed by atoms with Crippen molar-refractivity contribution in [1.82, 2.24) is 0 Å². The highest BCUT2D eigenvalue weighted by atomic mass is 16.3. The fourth-order valence-corrected chi connectivity index (χ4v) is 7.50. The predicted molar refractivity (Wildman–Crippen MR) is 214 cm³/mol. The van der Waals surface area contributed by atoms with Gasteiger partial charge in [0.2, 0.25) is 0 Å². The van der Waals surface area contributed by atoms with Crippen molar-refractivity contribution in [2.75, 3.05) is 4.90 Å². The van der Waals surface area contributed by atoms with Gasteiger partial charge >= 0.3 is 0 Å². The second kappa shape index (κ2) is 11.2. The minimum absolute atomic E-state index is 0.0179. The van der Waals surface area contributed by atoms with Crippen LogP contribution in [0, 0.1) is 0 Å². The van der Waals surface area contributed by atoms with E-state index in [-0.39, 0.29) is 69.4 Å². The van der Waals surface area contributed by atoms with Crippen molar-refractivity contribution in [1.29, 1.82) is 0 Å². The van der Waals surface area contributed by atoms with Crippen molar-refractivity contribution in [3.63, 3.8) is 0 Å².